The predicted molar refractivity (Wildman–Crippen MR) is 76.2 cm³/mol. The molecule has 0 radical (unpaired) electrons. The van der Waals surface area contributed by atoms with Gasteiger partial charge in [0.25, 0.3) is 0 Å². The molecule has 0 aliphatic heterocycles. The molecular formula is C15H30N2O. The second kappa shape index (κ2) is 7.13. The average molecular weight is 254 g/mol. The van der Waals surface area contributed by atoms with E-state index >= 15 is 0 Å². The maximum atomic E-state index is 12.2. The zero-order valence-corrected chi connectivity index (χ0v) is 12.4. The summed E-state index contributed by atoms with van der Waals surface area (Å²) in [6.07, 6.45) is 5.50. The number of rotatable bonds is 5. The Morgan fingerprint density at radius 1 is 1.28 bits per heavy atom. The van der Waals surface area contributed by atoms with Gasteiger partial charge < -0.3 is 11.1 Å². The normalized spacial score (nSPS) is 27.9. The van der Waals surface area contributed by atoms with Crippen molar-refractivity contribution in [2.24, 2.45) is 23.5 Å². The summed E-state index contributed by atoms with van der Waals surface area (Å²) in [6, 6.07) is 0.573. The Morgan fingerprint density at radius 3 is 2.50 bits per heavy atom. The van der Waals surface area contributed by atoms with E-state index in [1.54, 1.807) is 0 Å². The maximum absolute atomic E-state index is 12.2. The van der Waals surface area contributed by atoms with Gasteiger partial charge in [-0.2, -0.15) is 0 Å². The molecule has 0 aromatic carbocycles. The molecule has 3 nitrogen and oxygen atoms in total. The molecule has 0 bridgehead atoms. The Morgan fingerprint density at radius 2 is 1.94 bits per heavy atom. The third kappa shape index (κ3) is 4.97. The largest absolute Gasteiger partial charge is 0.353 e. The Bertz CT molecular complexity index is 265. The van der Waals surface area contributed by atoms with E-state index in [1.807, 2.05) is 0 Å². The first-order valence-electron chi connectivity index (χ1n) is 7.46. The lowest BCUT2D eigenvalue weighted by atomic mass is 9.78. The van der Waals surface area contributed by atoms with Crippen molar-refractivity contribution in [1.82, 2.24) is 5.32 Å². The van der Waals surface area contributed by atoms with Crippen molar-refractivity contribution in [3.8, 4) is 0 Å². The van der Waals surface area contributed by atoms with Crippen LogP contribution in [0.25, 0.3) is 0 Å². The molecule has 0 spiro atoms. The summed E-state index contributed by atoms with van der Waals surface area (Å²) in [6.45, 7) is 8.52. The molecule has 3 heteroatoms. The molecule has 1 saturated carbocycles. The molecule has 106 valence electrons. The molecule has 0 aromatic rings. The van der Waals surface area contributed by atoms with Crippen LogP contribution in [0, 0.1) is 17.8 Å². The Hall–Kier alpha value is -0.570. The van der Waals surface area contributed by atoms with Gasteiger partial charge in [-0.25, -0.2) is 0 Å². The predicted octanol–water partition coefficient (Wildman–Crippen LogP) is 2.69. The van der Waals surface area contributed by atoms with Gasteiger partial charge in [0, 0.05) is 18.0 Å². The number of nitrogens with two attached hydrogens (primary N) is 1. The molecule has 3 N–H and O–H groups in total. The highest BCUT2D eigenvalue weighted by Gasteiger charge is 2.28. The van der Waals surface area contributed by atoms with E-state index in [-0.39, 0.29) is 17.9 Å². The van der Waals surface area contributed by atoms with E-state index in [1.165, 1.54) is 6.42 Å². The van der Waals surface area contributed by atoms with Crippen molar-refractivity contribution in [2.45, 2.75) is 71.9 Å². The van der Waals surface area contributed by atoms with Gasteiger partial charge in [0.15, 0.2) is 0 Å². The molecule has 18 heavy (non-hydrogen) atoms. The van der Waals surface area contributed by atoms with E-state index in [4.69, 9.17) is 5.73 Å². The van der Waals surface area contributed by atoms with E-state index in [9.17, 15) is 4.79 Å². The molecule has 0 aromatic heterocycles. The smallest absolute Gasteiger partial charge is 0.223 e. The van der Waals surface area contributed by atoms with Crippen LogP contribution in [0.3, 0.4) is 0 Å². The first kappa shape index (κ1) is 15.5. The fourth-order valence-corrected chi connectivity index (χ4v) is 3.08. The molecule has 1 amide bonds. The molecule has 4 unspecified atom stereocenters. The Kier molecular flexibility index (Phi) is 6.13. The molecule has 0 heterocycles. The number of carbonyl (C=O) groups excluding carboxylic acids is 1. The first-order chi connectivity index (χ1) is 8.40. The standard InChI is InChI=1S/C15H30N2O/c1-10(2)8-11(3)17-15(18)12(4)13-6-5-7-14(16)9-13/h10-14H,5-9,16H2,1-4H3,(H,17,18). The lowest BCUT2D eigenvalue weighted by Gasteiger charge is -2.31. The van der Waals surface area contributed by atoms with Crippen LogP contribution in [-0.4, -0.2) is 18.0 Å². The third-order valence-corrected chi connectivity index (χ3v) is 4.09. The average Bonchev–Trinajstić information content (AvgIpc) is 2.26. The van der Waals surface area contributed by atoms with E-state index < -0.39 is 0 Å². The highest BCUT2D eigenvalue weighted by Crippen LogP contribution is 2.29. The van der Waals surface area contributed by atoms with Crippen molar-refractivity contribution in [3.05, 3.63) is 0 Å². The molecule has 0 saturated heterocycles. The summed E-state index contributed by atoms with van der Waals surface area (Å²) >= 11 is 0. The monoisotopic (exact) mass is 254 g/mol. The van der Waals surface area contributed by atoms with Gasteiger partial charge in [-0.15, -0.1) is 0 Å². The molecular weight excluding hydrogens is 224 g/mol. The second-order valence-electron chi connectivity index (χ2n) is 6.51. The molecule has 1 aliphatic carbocycles. The lowest BCUT2D eigenvalue weighted by Crippen LogP contribution is -2.41. The van der Waals surface area contributed by atoms with Gasteiger partial charge in [-0.3, -0.25) is 4.79 Å². The van der Waals surface area contributed by atoms with Crippen LogP contribution in [0.1, 0.15) is 59.8 Å². The SMILES string of the molecule is CC(C)CC(C)NC(=O)C(C)C1CCCC(N)C1. The highest BCUT2D eigenvalue weighted by molar-refractivity contribution is 5.78. The number of nitrogens with one attached hydrogen (secondary N) is 1. The van der Waals surface area contributed by atoms with Crippen molar-refractivity contribution in [3.63, 3.8) is 0 Å². The van der Waals surface area contributed by atoms with Crippen LogP contribution in [0.2, 0.25) is 0 Å². The van der Waals surface area contributed by atoms with E-state index in [2.05, 4.69) is 33.0 Å². The van der Waals surface area contributed by atoms with Crippen molar-refractivity contribution in [1.29, 1.82) is 0 Å². The quantitative estimate of drug-likeness (QED) is 0.792. The van der Waals surface area contributed by atoms with Gasteiger partial charge >= 0.3 is 0 Å². The summed E-state index contributed by atoms with van der Waals surface area (Å²) in [5.74, 6) is 1.41. The third-order valence-electron chi connectivity index (χ3n) is 4.09. The molecule has 1 fully saturated rings. The van der Waals surface area contributed by atoms with Gasteiger partial charge in [-0.05, 0) is 44.4 Å². The van der Waals surface area contributed by atoms with Gasteiger partial charge in [-0.1, -0.05) is 27.2 Å². The lowest BCUT2D eigenvalue weighted by molar-refractivity contribution is -0.127. The number of hydrogen-bond donors (Lipinski definition) is 2. The number of carbonyl (C=O) groups is 1. The molecule has 4 atom stereocenters. The van der Waals surface area contributed by atoms with Crippen molar-refractivity contribution in [2.75, 3.05) is 0 Å². The summed E-state index contributed by atoms with van der Waals surface area (Å²) in [5, 5.41) is 3.14. The van der Waals surface area contributed by atoms with Crippen LogP contribution >= 0.6 is 0 Å². The molecule has 1 rings (SSSR count). The maximum Gasteiger partial charge on any atom is 0.223 e. The summed E-state index contributed by atoms with van der Waals surface area (Å²) < 4.78 is 0. The van der Waals surface area contributed by atoms with Crippen LogP contribution in [0.4, 0.5) is 0 Å². The second-order valence-corrected chi connectivity index (χ2v) is 6.51. The highest BCUT2D eigenvalue weighted by atomic mass is 16.1. The Labute approximate surface area is 112 Å². The van der Waals surface area contributed by atoms with Crippen LogP contribution in [0.15, 0.2) is 0 Å². The van der Waals surface area contributed by atoms with E-state index in [0.717, 1.165) is 25.7 Å². The van der Waals surface area contributed by atoms with Gasteiger partial charge in [0.1, 0.15) is 0 Å². The molecule has 1 aliphatic rings. The Balaban J connectivity index is 2.40. The fraction of sp³-hybridized carbons (Fsp3) is 0.933. The minimum absolute atomic E-state index is 0.103. The van der Waals surface area contributed by atoms with E-state index in [0.29, 0.717) is 17.9 Å². The van der Waals surface area contributed by atoms with Gasteiger partial charge in [0.2, 0.25) is 5.91 Å². The summed E-state index contributed by atoms with van der Waals surface area (Å²) in [5.41, 5.74) is 6.00. The van der Waals surface area contributed by atoms with Crippen molar-refractivity contribution < 1.29 is 4.79 Å². The van der Waals surface area contributed by atoms with Gasteiger partial charge in [0.05, 0.1) is 0 Å². The summed E-state index contributed by atoms with van der Waals surface area (Å²) in [7, 11) is 0. The summed E-state index contributed by atoms with van der Waals surface area (Å²) in [4.78, 5) is 12.2. The zero-order chi connectivity index (χ0) is 13.7. The minimum Gasteiger partial charge on any atom is -0.353 e. The van der Waals surface area contributed by atoms with Crippen molar-refractivity contribution >= 4 is 5.91 Å². The number of amides is 1. The van der Waals surface area contributed by atoms with Crippen LogP contribution in [0.5, 0.6) is 0 Å². The number of hydrogen-bond acceptors (Lipinski definition) is 2. The van der Waals surface area contributed by atoms with Crippen LogP contribution in [-0.2, 0) is 4.79 Å². The fourth-order valence-electron chi connectivity index (χ4n) is 3.08. The first-order valence-corrected chi connectivity index (χ1v) is 7.46. The van der Waals surface area contributed by atoms with Crippen LogP contribution < -0.4 is 11.1 Å². The minimum atomic E-state index is 0.103. The zero-order valence-electron chi connectivity index (χ0n) is 12.4. The topological polar surface area (TPSA) is 55.1 Å².